The van der Waals surface area contributed by atoms with Gasteiger partial charge in [0.15, 0.2) is 12.2 Å². The number of unbranched alkanes of at least 4 members (excludes halogenated alkanes) is 22. The summed E-state index contributed by atoms with van der Waals surface area (Å²) in [5, 5.41) is 10.6. The van der Waals surface area contributed by atoms with Crippen molar-refractivity contribution in [1.82, 2.24) is 0 Å². The monoisotopic (exact) mass is 1470 g/mol. The molecule has 17 nitrogen and oxygen atoms in total. The number of aliphatic hydroxyl groups is 1. The van der Waals surface area contributed by atoms with E-state index in [1.165, 1.54) is 19.3 Å². The third-order valence-corrected chi connectivity index (χ3v) is 17.7. The summed E-state index contributed by atoms with van der Waals surface area (Å²) >= 11 is 0. The maximum Gasteiger partial charge on any atom is 0.472 e. The Hall–Kier alpha value is -5.06. The highest BCUT2D eigenvalue weighted by atomic mass is 31.2. The van der Waals surface area contributed by atoms with E-state index in [-0.39, 0.29) is 25.7 Å². The zero-order valence-electron chi connectivity index (χ0n) is 63.5. The molecule has 5 atom stereocenters. The van der Waals surface area contributed by atoms with Crippen LogP contribution in [0.15, 0.2) is 146 Å². The third kappa shape index (κ3) is 73.3. The van der Waals surface area contributed by atoms with Crippen LogP contribution in [0.3, 0.4) is 0 Å². The first-order chi connectivity index (χ1) is 49.7. The van der Waals surface area contributed by atoms with Crippen LogP contribution in [0, 0.1) is 0 Å². The first-order valence-electron chi connectivity index (χ1n) is 39.1. The Labute approximate surface area is 617 Å². The van der Waals surface area contributed by atoms with Gasteiger partial charge in [0.2, 0.25) is 0 Å². The predicted octanol–water partition coefficient (Wildman–Crippen LogP) is 22.7. The number of hydrogen-bond acceptors (Lipinski definition) is 15. The van der Waals surface area contributed by atoms with Gasteiger partial charge in [0.1, 0.15) is 19.3 Å². The van der Waals surface area contributed by atoms with E-state index in [0.29, 0.717) is 25.7 Å². The van der Waals surface area contributed by atoms with Gasteiger partial charge < -0.3 is 33.8 Å². The molecular weight excluding hydrogens is 1330 g/mol. The highest BCUT2D eigenvalue weighted by molar-refractivity contribution is 7.47. The Morgan fingerprint density at radius 3 is 0.843 bits per heavy atom. The molecule has 0 radical (unpaired) electrons. The summed E-state index contributed by atoms with van der Waals surface area (Å²) in [7, 11) is -9.98. The van der Waals surface area contributed by atoms with Crippen LogP contribution < -0.4 is 0 Å². The van der Waals surface area contributed by atoms with Gasteiger partial charge in [-0.1, -0.05) is 257 Å². The fourth-order valence-electron chi connectivity index (χ4n) is 9.86. The smallest absolute Gasteiger partial charge is 0.462 e. The molecule has 0 aromatic heterocycles. The summed E-state index contributed by atoms with van der Waals surface area (Å²) in [5.74, 6) is -2.27. The van der Waals surface area contributed by atoms with E-state index in [9.17, 15) is 43.2 Å². The lowest BCUT2D eigenvalue weighted by Crippen LogP contribution is -2.30. The molecule has 0 saturated heterocycles. The molecule has 0 aromatic carbocycles. The van der Waals surface area contributed by atoms with E-state index in [1.54, 1.807) is 0 Å². The van der Waals surface area contributed by atoms with Gasteiger partial charge >= 0.3 is 39.5 Å². The Kier molecular flexibility index (Phi) is 70.5. The van der Waals surface area contributed by atoms with Crippen molar-refractivity contribution in [1.29, 1.82) is 0 Å². The topological polar surface area (TPSA) is 237 Å². The maximum absolute atomic E-state index is 13.1. The fraction of sp³-hybridized carbons (Fsp3) is 0.663. The number of carbonyl (C=O) groups is 4. The molecular formula is C83H138O17P2. The predicted molar refractivity (Wildman–Crippen MR) is 417 cm³/mol. The lowest BCUT2D eigenvalue weighted by Gasteiger charge is -2.21. The Morgan fingerprint density at radius 2 is 0.529 bits per heavy atom. The zero-order valence-corrected chi connectivity index (χ0v) is 65.3. The normalized spacial score (nSPS) is 14.7. The summed E-state index contributed by atoms with van der Waals surface area (Å²) in [6, 6.07) is 0. The van der Waals surface area contributed by atoms with Crippen LogP contribution in [-0.2, 0) is 65.4 Å². The van der Waals surface area contributed by atoms with E-state index in [2.05, 4.69) is 174 Å². The van der Waals surface area contributed by atoms with E-state index in [1.807, 2.05) is 0 Å². The molecule has 3 N–H and O–H groups in total. The molecule has 0 aliphatic heterocycles. The second-order valence-corrected chi connectivity index (χ2v) is 28.4. The molecule has 0 amide bonds. The summed E-state index contributed by atoms with van der Waals surface area (Å²) in [6.07, 6.45) is 84.0. The molecule has 582 valence electrons. The van der Waals surface area contributed by atoms with E-state index < -0.39 is 97.5 Å². The van der Waals surface area contributed by atoms with Crippen LogP contribution in [0.4, 0.5) is 0 Å². The molecule has 0 fully saturated rings. The van der Waals surface area contributed by atoms with Crippen molar-refractivity contribution < 1.29 is 80.2 Å². The Bertz CT molecular complexity index is 2510. The van der Waals surface area contributed by atoms with Gasteiger partial charge in [-0.05, 0) is 161 Å². The van der Waals surface area contributed by atoms with Gasteiger partial charge in [0.05, 0.1) is 26.4 Å². The second-order valence-electron chi connectivity index (χ2n) is 25.5. The van der Waals surface area contributed by atoms with Crippen LogP contribution in [0.5, 0.6) is 0 Å². The Morgan fingerprint density at radius 1 is 0.284 bits per heavy atom. The van der Waals surface area contributed by atoms with E-state index in [0.717, 1.165) is 199 Å². The number of allylic oxidation sites excluding steroid dienone is 24. The molecule has 0 aromatic rings. The molecule has 0 aliphatic carbocycles. The zero-order chi connectivity index (χ0) is 74.6. The number of carbonyl (C=O) groups excluding carboxylic acids is 4. The summed E-state index contributed by atoms with van der Waals surface area (Å²) in [4.78, 5) is 72.9. The fourth-order valence-corrected chi connectivity index (χ4v) is 11.4. The summed E-state index contributed by atoms with van der Waals surface area (Å²) < 4.78 is 68.5. The Balaban J connectivity index is 5.41. The van der Waals surface area contributed by atoms with Crippen molar-refractivity contribution in [2.24, 2.45) is 0 Å². The molecule has 0 rings (SSSR count). The average Bonchev–Trinajstić information content (AvgIpc) is 0.908. The molecule has 0 bridgehead atoms. The molecule has 0 heterocycles. The van der Waals surface area contributed by atoms with Gasteiger partial charge in [0.25, 0.3) is 0 Å². The largest absolute Gasteiger partial charge is 0.472 e. The highest BCUT2D eigenvalue weighted by Gasteiger charge is 2.30. The first-order valence-corrected chi connectivity index (χ1v) is 42.1. The number of phosphoric ester groups is 2. The van der Waals surface area contributed by atoms with Crippen molar-refractivity contribution in [2.45, 2.75) is 316 Å². The second kappa shape index (κ2) is 74.2. The molecule has 0 aliphatic rings. The minimum atomic E-state index is -4.99. The highest BCUT2D eigenvalue weighted by Crippen LogP contribution is 2.45. The molecule has 19 heteroatoms. The van der Waals surface area contributed by atoms with Gasteiger partial charge in [-0.15, -0.1) is 0 Å². The van der Waals surface area contributed by atoms with Gasteiger partial charge in [-0.2, -0.15) is 0 Å². The number of ether oxygens (including phenoxy) is 4. The van der Waals surface area contributed by atoms with Crippen LogP contribution in [-0.4, -0.2) is 96.7 Å². The van der Waals surface area contributed by atoms with Crippen LogP contribution in [0.2, 0.25) is 0 Å². The first kappa shape index (κ1) is 96.9. The maximum atomic E-state index is 13.1. The lowest BCUT2D eigenvalue weighted by atomic mass is 10.1. The molecule has 5 unspecified atom stereocenters. The molecule has 0 saturated carbocycles. The van der Waals surface area contributed by atoms with Gasteiger partial charge in [0, 0.05) is 25.7 Å². The van der Waals surface area contributed by atoms with Gasteiger partial charge in [-0.25, -0.2) is 9.13 Å². The van der Waals surface area contributed by atoms with Crippen molar-refractivity contribution in [3.63, 3.8) is 0 Å². The number of phosphoric acid groups is 2. The van der Waals surface area contributed by atoms with Crippen LogP contribution >= 0.6 is 15.6 Å². The van der Waals surface area contributed by atoms with Crippen molar-refractivity contribution >= 4 is 39.5 Å². The van der Waals surface area contributed by atoms with Crippen molar-refractivity contribution in [2.75, 3.05) is 39.6 Å². The summed E-state index contributed by atoms with van der Waals surface area (Å²) in [5.41, 5.74) is 0. The van der Waals surface area contributed by atoms with E-state index >= 15 is 0 Å². The van der Waals surface area contributed by atoms with Crippen molar-refractivity contribution in [3.8, 4) is 0 Å². The van der Waals surface area contributed by atoms with Crippen molar-refractivity contribution in [3.05, 3.63) is 146 Å². The quantitative estimate of drug-likeness (QED) is 0.0169. The lowest BCUT2D eigenvalue weighted by molar-refractivity contribution is -0.161. The minimum Gasteiger partial charge on any atom is -0.462 e. The number of hydrogen-bond donors (Lipinski definition) is 3. The molecule has 0 spiro atoms. The van der Waals surface area contributed by atoms with Gasteiger partial charge in [-0.3, -0.25) is 37.3 Å². The summed E-state index contributed by atoms with van der Waals surface area (Å²) in [6.45, 7) is 4.45. The minimum absolute atomic E-state index is 0.0657. The van der Waals surface area contributed by atoms with Crippen LogP contribution in [0.1, 0.15) is 297 Å². The van der Waals surface area contributed by atoms with E-state index in [4.69, 9.17) is 37.0 Å². The number of esters is 4. The average molecular weight is 1470 g/mol. The van der Waals surface area contributed by atoms with Crippen LogP contribution in [0.25, 0.3) is 0 Å². The SMILES string of the molecule is CC/C=C\C/C=C\C/C=C\C/C=C\CCCCCCCCC(=O)OCC(COP(=O)(O)OCC(O)COP(=O)(O)OCC(COC(=O)CCCC/C=C\C/C=C\C/C=C\C/C=C\CC)OC(=O)CCCCCCC/C=C\C/C=C\CCCCC)OC(=O)CCCCCCC/C=C\C/C=C\CCC. The third-order valence-electron chi connectivity index (χ3n) is 15.7. The number of aliphatic hydroxyl groups excluding tert-OH is 1. The molecule has 102 heavy (non-hydrogen) atoms. The standard InChI is InChI=1S/C83H138O17P2/c1-5-9-13-17-21-25-29-33-36-37-38-39-42-45-48-52-56-60-64-68-81(86)94-73-78(99-82(87)69-65-61-57-53-49-43-32-28-24-20-16-12-8-4)75-97-101(89,90)95-71-77(84)72-96-102(91,92)98-76-79(100-83(88)70-66-62-58-54-50-46-41-35-31-27-23-19-15-11-7-3)74-93-80(85)67-63-59-55-51-47-44-40-34-30-26-22-18-14-10-6-2/h9-10,13-14,16,20-23,25-28,32-36,38-41,47,51,77-79,84H,5-8,11-12,15,17-19,24,29-31,37,42-46,48-50,52-76H2,1-4H3,(H,89,90)(H,91,92)/b13-9-,14-10-,20-16-,25-21-,26-22-,27-23-,32-28-,36-33-,39-38-,40-34-,41-35-,51-47-. The number of rotatable bonds is 72.